The largest absolute Gasteiger partial charge is 0.337 e. The molecule has 0 bridgehead atoms. The Bertz CT molecular complexity index is 1030. The lowest BCUT2D eigenvalue weighted by Gasteiger charge is -2.16. The second kappa shape index (κ2) is 5.94. The summed E-state index contributed by atoms with van der Waals surface area (Å²) in [6.45, 7) is 0.460. The number of amides is 1. The summed E-state index contributed by atoms with van der Waals surface area (Å²) >= 11 is 0. The van der Waals surface area contributed by atoms with Crippen LogP contribution in [0.15, 0.2) is 55.1 Å². The van der Waals surface area contributed by atoms with Gasteiger partial charge in [0.05, 0.1) is 18.1 Å². The van der Waals surface area contributed by atoms with Crippen LogP contribution in [-0.2, 0) is 13.6 Å². The summed E-state index contributed by atoms with van der Waals surface area (Å²) in [6.07, 6.45) is 7.09. The first kappa shape index (κ1) is 15.2. The summed E-state index contributed by atoms with van der Waals surface area (Å²) in [6, 6.07) is 9.97. The first-order chi connectivity index (χ1) is 12.1. The van der Waals surface area contributed by atoms with Crippen LogP contribution in [0.1, 0.15) is 15.9 Å². The molecule has 1 N–H and O–H groups in total. The number of benzene rings is 1. The first-order valence-corrected chi connectivity index (χ1v) is 7.97. The zero-order chi connectivity index (χ0) is 17.4. The fraction of sp³-hybridized carbons (Fsp3) is 0.167. The monoisotopic (exact) mass is 334 g/mol. The Morgan fingerprint density at radius 3 is 2.80 bits per heavy atom. The Kier molecular flexibility index (Phi) is 3.61. The molecule has 0 aliphatic rings. The molecule has 0 atom stereocenters. The quantitative estimate of drug-likeness (QED) is 0.623. The third kappa shape index (κ3) is 2.59. The zero-order valence-electron chi connectivity index (χ0n) is 14.0. The fourth-order valence-electron chi connectivity index (χ4n) is 3.02. The van der Waals surface area contributed by atoms with Crippen molar-refractivity contribution in [3.05, 3.63) is 66.2 Å². The van der Waals surface area contributed by atoms with Crippen molar-refractivity contribution in [2.75, 3.05) is 7.05 Å². The fourth-order valence-corrected chi connectivity index (χ4v) is 3.02. The van der Waals surface area contributed by atoms with Crippen molar-refractivity contribution in [2.24, 2.45) is 7.05 Å². The van der Waals surface area contributed by atoms with E-state index in [0.717, 1.165) is 22.5 Å². The van der Waals surface area contributed by atoms with Crippen molar-refractivity contribution in [3.63, 3.8) is 0 Å². The van der Waals surface area contributed by atoms with Crippen LogP contribution in [0.3, 0.4) is 0 Å². The third-order valence-electron chi connectivity index (χ3n) is 4.30. The van der Waals surface area contributed by atoms with Crippen LogP contribution in [0, 0.1) is 0 Å². The van der Waals surface area contributed by atoms with Gasteiger partial charge in [-0.25, -0.2) is 4.52 Å². The third-order valence-corrected chi connectivity index (χ3v) is 4.30. The highest BCUT2D eigenvalue weighted by atomic mass is 16.2. The van der Waals surface area contributed by atoms with Crippen LogP contribution in [0.2, 0.25) is 0 Å². The lowest BCUT2D eigenvalue weighted by atomic mass is 10.1. The van der Waals surface area contributed by atoms with Crippen LogP contribution in [-0.4, -0.2) is 42.2 Å². The SMILES string of the molecule is CN(Cc1cn[nH]c1-c1ccccc1)C(=O)c1cnn2ccn(C)c12. The van der Waals surface area contributed by atoms with Crippen LogP contribution in [0.4, 0.5) is 0 Å². The second-order valence-corrected chi connectivity index (χ2v) is 6.03. The Labute approximate surface area is 144 Å². The molecule has 0 radical (unpaired) electrons. The summed E-state index contributed by atoms with van der Waals surface area (Å²) in [5.74, 6) is -0.0722. The molecular formula is C18H18N6O. The van der Waals surface area contributed by atoms with Crippen molar-refractivity contribution in [3.8, 4) is 11.3 Å². The number of hydrogen-bond acceptors (Lipinski definition) is 3. The molecule has 126 valence electrons. The molecule has 3 heterocycles. The highest BCUT2D eigenvalue weighted by molar-refractivity contribution is 5.99. The van der Waals surface area contributed by atoms with Crippen LogP contribution in [0.5, 0.6) is 0 Å². The van der Waals surface area contributed by atoms with E-state index in [1.54, 1.807) is 28.9 Å². The molecule has 7 nitrogen and oxygen atoms in total. The van der Waals surface area contributed by atoms with Crippen molar-refractivity contribution in [2.45, 2.75) is 6.54 Å². The molecule has 1 aromatic carbocycles. The average molecular weight is 334 g/mol. The number of imidazole rings is 1. The first-order valence-electron chi connectivity index (χ1n) is 7.97. The van der Waals surface area contributed by atoms with Gasteiger partial charge < -0.3 is 9.47 Å². The second-order valence-electron chi connectivity index (χ2n) is 6.03. The Morgan fingerprint density at radius 1 is 1.20 bits per heavy atom. The number of fused-ring (bicyclic) bond motifs is 1. The predicted octanol–water partition coefficient (Wildman–Crippen LogP) is 2.34. The maximum Gasteiger partial charge on any atom is 0.259 e. The standard InChI is InChI=1S/C18H18N6O/c1-22-8-9-24-17(22)15(11-20-24)18(25)23(2)12-14-10-19-21-16(14)13-6-4-3-5-7-13/h3-11H,12H2,1-2H3,(H,19,21). The van der Waals surface area contributed by atoms with E-state index in [0.29, 0.717) is 12.1 Å². The van der Waals surface area contributed by atoms with E-state index < -0.39 is 0 Å². The Balaban J connectivity index is 1.61. The van der Waals surface area contributed by atoms with Gasteiger partial charge in [-0.3, -0.25) is 9.89 Å². The Morgan fingerprint density at radius 2 is 2.00 bits per heavy atom. The minimum atomic E-state index is -0.0722. The number of carbonyl (C=O) groups is 1. The molecular weight excluding hydrogens is 316 g/mol. The highest BCUT2D eigenvalue weighted by Gasteiger charge is 2.20. The molecule has 3 aromatic heterocycles. The normalized spacial score (nSPS) is 11.1. The van der Waals surface area contributed by atoms with E-state index in [2.05, 4.69) is 15.3 Å². The number of aryl methyl sites for hydroxylation is 1. The summed E-state index contributed by atoms with van der Waals surface area (Å²) in [5, 5.41) is 11.4. The van der Waals surface area contributed by atoms with E-state index >= 15 is 0 Å². The Hall–Kier alpha value is -3.35. The zero-order valence-corrected chi connectivity index (χ0v) is 14.0. The van der Waals surface area contributed by atoms with Crippen molar-refractivity contribution < 1.29 is 4.79 Å². The van der Waals surface area contributed by atoms with Gasteiger partial charge >= 0.3 is 0 Å². The lowest BCUT2D eigenvalue weighted by molar-refractivity contribution is 0.0787. The van der Waals surface area contributed by atoms with Gasteiger partial charge in [-0.05, 0) is 5.56 Å². The number of nitrogens with one attached hydrogen (secondary N) is 1. The van der Waals surface area contributed by atoms with Crippen molar-refractivity contribution in [1.29, 1.82) is 0 Å². The van der Waals surface area contributed by atoms with Gasteiger partial charge in [0.25, 0.3) is 5.91 Å². The lowest BCUT2D eigenvalue weighted by Crippen LogP contribution is -2.26. The molecule has 0 aliphatic heterocycles. The number of rotatable bonds is 4. The minimum Gasteiger partial charge on any atom is -0.337 e. The summed E-state index contributed by atoms with van der Waals surface area (Å²) in [4.78, 5) is 14.6. The van der Waals surface area contributed by atoms with Crippen molar-refractivity contribution >= 4 is 11.6 Å². The molecule has 1 amide bonds. The molecule has 4 aromatic rings. The minimum absolute atomic E-state index is 0.0722. The molecule has 4 rings (SSSR count). The van der Waals surface area contributed by atoms with E-state index in [4.69, 9.17) is 0 Å². The predicted molar refractivity (Wildman–Crippen MR) is 94.0 cm³/mol. The number of aromatic nitrogens is 5. The smallest absolute Gasteiger partial charge is 0.259 e. The van der Waals surface area contributed by atoms with Gasteiger partial charge in [0, 0.05) is 38.6 Å². The number of nitrogens with zero attached hydrogens (tertiary/aromatic N) is 5. The van der Waals surface area contributed by atoms with Crippen LogP contribution < -0.4 is 0 Å². The number of H-pyrrole nitrogens is 1. The summed E-state index contributed by atoms with van der Waals surface area (Å²) < 4.78 is 3.59. The van der Waals surface area contributed by atoms with Gasteiger partial charge in [-0.15, -0.1) is 0 Å². The van der Waals surface area contributed by atoms with Gasteiger partial charge in [0.15, 0.2) is 0 Å². The van der Waals surface area contributed by atoms with E-state index in [9.17, 15) is 4.79 Å². The number of carbonyl (C=O) groups excluding carboxylic acids is 1. The van der Waals surface area contributed by atoms with Gasteiger partial charge in [-0.2, -0.15) is 10.2 Å². The molecule has 0 spiro atoms. The topological polar surface area (TPSA) is 71.2 Å². The number of aromatic amines is 1. The molecule has 25 heavy (non-hydrogen) atoms. The van der Waals surface area contributed by atoms with Gasteiger partial charge in [-0.1, -0.05) is 30.3 Å². The highest BCUT2D eigenvalue weighted by Crippen LogP contribution is 2.22. The van der Waals surface area contributed by atoms with E-state index in [-0.39, 0.29) is 5.91 Å². The average Bonchev–Trinajstić information content (AvgIpc) is 3.33. The molecule has 0 saturated carbocycles. The maximum atomic E-state index is 12.9. The maximum absolute atomic E-state index is 12.9. The molecule has 0 unspecified atom stereocenters. The molecule has 7 heteroatoms. The summed E-state index contributed by atoms with van der Waals surface area (Å²) in [7, 11) is 3.69. The van der Waals surface area contributed by atoms with Crippen molar-refractivity contribution in [1.82, 2.24) is 29.3 Å². The number of hydrogen-bond donors (Lipinski definition) is 1. The van der Waals surface area contributed by atoms with Crippen LogP contribution in [0.25, 0.3) is 16.9 Å². The molecule has 0 fully saturated rings. The summed E-state index contributed by atoms with van der Waals surface area (Å²) in [5.41, 5.74) is 4.31. The molecule has 0 aliphatic carbocycles. The van der Waals surface area contributed by atoms with E-state index in [1.807, 2.05) is 54.3 Å². The van der Waals surface area contributed by atoms with E-state index in [1.165, 1.54) is 0 Å². The van der Waals surface area contributed by atoms with Gasteiger partial charge in [0.1, 0.15) is 11.2 Å². The van der Waals surface area contributed by atoms with Gasteiger partial charge in [0.2, 0.25) is 0 Å². The molecule has 0 saturated heterocycles. The van der Waals surface area contributed by atoms with Crippen LogP contribution >= 0.6 is 0 Å².